The third-order valence-corrected chi connectivity index (χ3v) is 5.51. The van der Waals surface area contributed by atoms with Gasteiger partial charge in [0.1, 0.15) is 0 Å². The number of hydrogen-bond acceptors (Lipinski definition) is 2. The van der Waals surface area contributed by atoms with Crippen LogP contribution in [0.2, 0.25) is 0 Å². The number of fused-ring (bicyclic) bond motifs is 2. The highest BCUT2D eigenvalue weighted by molar-refractivity contribution is 5.73. The molecule has 2 aliphatic rings. The lowest BCUT2D eigenvalue weighted by Crippen LogP contribution is -2.27. The molecule has 2 fully saturated rings. The fourth-order valence-corrected chi connectivity index (χ4v) is 4.35. The number of rotatable bonds is 1. The molecule has 3 heterocycles. The highest BCUT2D eigenvalue weighted by Crippen LogP contribution is 2.47. The van der Waals surface area contributed by atoms with Gasteiger partial charge in [-0.15, -0.1) is 0 Å². The van der Waals surface area contributed by atoms with E-state index in [0.29, 0.717) is 11.8 Å². The second-order valence-corrected chi connectivity index (χ2v) is 6.98. The van der Waals surface area contributed by atoms with E-state index in [1.165, 1.54) is 16.8 Å². The van der Waals surface area contributed by atoms with Gasteiger partial charge in [0.2, 0.25) is 5.91 Å². The molecule has 2 aromatic heterocycles. The Labute approximate surface area is 137 Å². The summed E-state index contributed by atoms with van der Waals surface area (Å²) in [5, 5.41) is 0. The van der Waals surface area contributed by atoms with Gasteiger partial charge in [-0.25, -0.2) is 4.98 Å². The second-order valence-electron chi connectivity index (χ2n) is 6.98. The molecule has 7 heteroatoms. The molecular weight excluding hydrogens is 319 g/mol. The fraction of sp³-hybridized carbons (Fsp3) is 0.529. The Kier molecular flexibility index (Phi) is 3.37. The van der Waals surface area contributed by atoms with Gasteiger partial charge in [0, 0.05) is 26.2 Å². The van der Waals surface area contributed by atoms with Crippen LogP contribution < -0.4 is 0 Å². The third kappa shape index (κ3) is 2.46. The summed E-state index contributed by atoms with van der Waals surface area (Å²) in [5.74, 6) is 0.946. The molecule has 24 heavy (non-hydrogen) atoms. The van der Waals surface area contributed by atoms with Crippen molar-refractivity contribution in [3.63, 3.8) is 0 Å². The van der Waals surface area contributed by atoms with Crippen LogP contribution in [0.4, 0.5) is 13.2 Å². The Morgan fingerprint density at radius 1 is 1.25 bits per heavy atom. The number of hydrogen-bond donors (Lipinski definition) is 0. The molecule has 1 aliphatic carbocycles. The number of alkyl halides is 3. The predicted molar refractivity (Wildman–Crippen MR) is 81.4 cm³/mol. The highest BCUT2D eigenvalue weighted by Gasteiger charge is 2.43. The lowest BCUT2D eigenvalue weighted by molar-refractivity contribution is -0.138. The maximum absolute atomic E-state index is 13.2. The molecule has 128 valence electrons. The second kappa shape index (κ2) is 5.22. The van der Waals surface area contributed by atoms with Crippen LogP contribution >= 0.6 is 0 Å². The van der Waals surface area contributed by atoms with Crippen molar-refractivity contribution in [1.29, 1.82) is 0 Å². The molecule has 3 atom stereocenters. The molecular formula is C17H18F3N3O. The van der Waals surface area contributed by atoms with Crippen LogP contribution in [0.3, 0.4) is 0 Å². The van der Waals surface area contributed by atoms with E-state index in [1.807, 2.05) is 4.90 Å². The van der Waals surface area contributed by atoms with Crippen LogP contribution in [-0.2, 0) is 11.0 Å². The lowest BCUT2D eigenvalue weighted by Gasteiger charge is -2.19. The molecule has 0 aromatic carbocycles. The van der Waals surface area contributed by atoms with Crippen LogP contribution in [0.15, 0.2) is 24.8 Å². The Hall–Kier alpha value is -2.05. The topological polar surface area (TPSA) is 37.6 Å². The van der Waals surface area contributed by atoms with E-state index in [9.17, 15) is 18.0 Å². The molecule has 1 aliphatic heterocycles. The predicted octanol–water partition coefficient (Wildman–Crippen LogP) is 3.33. The quantitative estimate of drug-likeness (QED) is 0.800. The van der Waals surface area contributed by atoms with Crippen molar-refractivity contribution in [3.8, 4) is 0 Å². The molecule has 0 N–H and O–H groups in total. The standard InChI is InChI=1S/C17H18F3N3O/c1-10(24)22-6-12-2-11(3-13(12)7-22)15-4-14(17(18,19)20)8-23-9-21-5-16(15)23/h4-5,8-9,11-13H,2-3,6-7H2,1H3/t11-,12-,13+. The Balaban J connectivity index is 1.66. The van der Waals surface area contributed by atoms with Crippen LogP contribution in [0.1, 0.15) is 36.8 Å². The zero-order chi connectivity index (χ0) is 17.1. The van der Waals surface area contributed by atoms with Gasteiger partial charge in [-0.1, -0.05) is 0 Å². The number of carbonyl (C=O) groups is 1. The number of amides is 1. The minimum atomic E-state index is -4.37. The molecule has 4 nitrogen and oxygen atoms in total. The number of aromatic nitrogens is 2. The molecule has 1 saturated carbocycles. The normalized spacial score (nSPS) is 27.0. The summed E-state index contributed by atoms with van der Waals surface area (Å²) >= 11 is 0. The number of carbonyl (C=O) groups excluding carboxylic acids is 1. The zero-order valence-electron chi connectivity index (χ0n) is 13.3. The molecule has 2 aromatic rings. The molecule has 0 radical (unpaired) electrons. The van der Waals surface area contributed by atoms with E-state index in [-0.39, 0.29) is 11.8 Å². The summed E-state index contributed by atoms with van der Waals surface area (Å²) in [5.41, 5.74) is 0.841. The summed E-state index contributed by atoms with van der Waals surface area (Å²) in [6.45, 7) is 3.02. The van der Waals surface area contributed by atoms with Gasteiger partial charge in [-0.2, -0.15) is 13.2 Å². The first kappa shape index (κ1) is 15.5. The van der Waals surface area contributed by atoms with E-state index in [2.05, 4.69) is 4.98 Å². The monoisotopic (exact) mass is 337 g/mol. The van der Waals surface area contributed by atoms with Crippen molar-refractivity contribution < 1.29 is 18.0 Å². The number of nitrogens with zero attached hydrogens (tertiary/aromatic N) is 3. The van der Waals surface area contributed by atoms with Crippen molar-refractivity contribution in [2.45, 2.75) is 31.9 Å². The van der Waals surface area contributed by atoms with Crippen molar-refractivity contribution >= 4 is 11.4 Å². The van der Waals surface area contributed by atoms with E-state index >= 15 is 0 Å². The third-order valence-electron chi connectivity index (χ3n) is 5.51. The first-order valence-corrected chi connectivity index (χ1v) is 8.11. The number of pyridine rings is 1. The van der Waals surface area contributed by atoms with Crippen LogP contribution in [0, 0.1) is 11.8 Å². The Morgan fingerprint density at radius 2 is 1.92 bits per heavy atom. The van der Waals surface area contributed by atoms with Crippen LogP contribution in [0.5, 0.6) is 0 Å². The van der Waals surface area contributed by atoms with E-state index in [4.69, 9.17) is 0 Å². The summed E-state index contributed by atoms with van der Waals surface area (Å²) < 4.78 is 41.0. The number of halogens is 3. The fourth-order valence-electron chi connectivity index (χ4n) is 4.35. The van der Waals surface area contributed by atoms with Crippen LogP contribution in [-0.4, -0.2) is 33.3 Å². The van der Waals surface area contributed by atoms with E-state index in [1.54, 1.807) is 13.1 Å². The minimum Gasteiger partial charge on any atom is -0.342 e. The van der Waals surface area contributed by atoms with Gasteiger partial charge in [0.25, 0.3) is 0 Å². The van der Waals surface area contributed by atoms with Crippen molar-refractivity contribution in [3.05, 3.63) is 35.9 Å². The summed E-state index contributed by atoms with van der Waals surface area (Å²) in [7, 11) is 0. The largest absolute Gasteiger partial charge is 0.417 e. The summed E-state index contributed by atoms with van der Waals surface area (Å²) in [6.07, 6.45) is 1.44. The van der Waals surface area contributed by atoms with Gasteiger partial charge in [0.15, 0.2) is 0 Å². The molecule has 0 unspecified atom stereocenters. The van der Waals surface area contributed by atoms with Crippen molar-refractivity contribution in [2.24, 2.45) is 11.8 Å². The average Bonchev–Trinajstić information content (AvgIpc) is 3.18. The maximum Gasteiger partial charge on any atom is 0.417 e. The van der Waals surface area contributed by atoms with Crippen LogP contribution in [0.25, 0.3) is 5.52 Å². The average molecular weight is 337 g/mol. The van der Waals surface area contributed by atoms with Gasteiger partial charge >= 0.3 is 6.18 Å². The minimum absolute atomic E-state index is 0.0817. The van der Waals surface area contributed by atoms with Gasteiger partial charge in [-0.3, -0.25) is 4.79 Å². The summed E-state index contributed by atoms with van der Waals surface area (Å²) in [6, 6.07) is 1.28. The van der Waals surface area contributed by atoms with Gasteiger partial charge in [-0.05, 0) is 42.2 Å². The maximum atomic E-state index is 13.2. The Morgan fingerprint density at radius 3 is 2.50 bits per heavy atom. The molecule has 4 rings (SSSR count). The first-order chi connectivity index (χ1) is 11.3. The Bertz CT molecular complexity index is 784. The first-order valence-electron chi connectivity index (χ1n) is 8.11. The molecule has 0 spiro atoms. The van der Waals surface area contributed by atoms with Crippen molar-refractivity contribution in [1.82, 2.24) is 14.3 Å². The summed E-state index contributed by atoms with van der Waals surface area (Å²) in [4.78, 5) is 17.4. The number of likely N-dealkylation sites (tertiary alicyclic amines) is 1. The van der Waals surface area contributed by atoms with Gasteiger partial charge in [0.05, 0.1) is 23.6 Å². The lowest BCUT2D eigenvalue weighted by atomic mass is 9.94. The molecule has 1 saturated heterocycles. The smallest absolute Gasteiger partial charge is 0.342 e. The number of imidazole rings is 1. The van der Waals surface area contributed by atoms with Crippen molar-refractivity contribution in [2.75, 3.05) is 13.1 Å². The van der Waals surface area contributed by atoms with E-state index in [0.717, 1.165) is 43.2 Å². The SMILES string of the molecule is CC(=O)N1C[C@H]2C[C@@H](c3cc(C(F)(F)F)cn4cncc34)C[C@H]2C1. The molecule has 0 bridgehead atoms. The molecule has 1 amide bonds. The van der Waals surface area contributed by atoms with Gasteiger partial charge < -0.3 is 9.30 Å². The highest BCUT2D eigenvalue weighted by atomic mass is 19.4. The zero-order valence-corrected chi connectivity index (χ0v) is 13.3. The van der Waals surface area contributed by atoms with E-state index < -0.39 is 11.7 Å².